The maximum absolute atomic E-state index is 13.6. The highest BCUT2D eigenvalue weighted by atomic mass is 16.5. The van der Waals surface area contributed by atoms with Gasteiger partial charge in [-0.1, -0.05) is 77.9 Å². The van der Waals surface area contributed by atoms with E-state index in [-0.39, 0.29) is 16.7 Å². The molecule has 0 saturated carbocycles. The Kier molecular flexibility index (Phi) is 10.6. The normalized spacial score (nSPS) is 12.0. The Hall–Kier alpha value is -3.86. The summed E-state index contributed by atoms with van der Waals surface area (Å²) in [6.07, 6.45) is 3.79. The molecule has 5 heteroatoms. The number of rotatable bonds is 13. The van der Waals surface area contributed by atoms with E-state index in [1.807, 2.05) is 6.07 Å². The minimum atomic E-state index is -0.125. The van der Waals surface area contributed by atoms with Crippen molar-refractivity contribution in [2.75, 3.05) is 13.2 Å². The number of carbonyl (C=O) groups excluding carboxylic acids is 1. The fraction of sp³-hybridized carbons (Fsp3) is 0.450. The fourth-order valence-electron chi connectivity index (χ4n) is 5.42. The summed E-state index contributed by atoms with van der Waals surface area (Å²) in [5.74, 6) is 0.846. The van der Waals surface area contributed by atoms with Gasteiger partial charge in [0.05, 0.1) is 18.0 Å². The molecule has 1 N–H and O–H groups in total. The van der Waals surface area contributed by atoms with Crippen molar-refractivity contribution in [2.45, 2.75) is 106 Å². The molecule has 0 aliphatic rings. The van der Waals surface area contributed by atoms with Crippen LogP contribution in [0.15, 0.2) is 60.7 Å². The van der Waals surface area contributed by atoms with E-state index >= 15 is 0 Å². The molecule has 1 aromatic heterocycles. The van der Waals surface area contributed by atoms with Gasteiger partial charge in [0.2, 0.25) is 0 Å². The summed E-state index contributed by atoms with van der Waals surface area (Å²) in [6, 6.07) is 21.2. The van der Waals surface area contributed by atoms with Gasteiger partial charge in [0.15, 0.2) is 0 Å². The summed E-state index contributed by atoms with van der Waals surface area (Å²) in [7, 11) is 0. The van der Waals surface area contributed by atoms with Gasteiger partial charge in [-0.05, 0) is 116 Å². The van der Waals surface area contributed by atoms with Crippen molar-refractivity contribution in [1.82, 2.24) is 15.1 Å². The zero-order valence-electron chi connectivity index (χ0n) is 29.2. The van der Waals surface area contributed by atoms with Gasteiger partial charge < -0.3 is 10.1 Å². The van der Waals surface area contributed by atoms with Crippen LogP contribution in [0.3, 0.4) is 0 Å². The lowest BCUT2D eigenvalue weighted by Crippen LogP contribution is -2.27. The number of nitrogens with zero attached hydrogens (tertiary/aromatic N) is 2. The molecule has 45 heavy (non-hydrogen) atoms. The molecule has 1 heterocycles. The Morgan fingerprint density at radius 3 is 2.20 bits per heavy atom. The SMILES string of the molecule is CCC(C)(C)c1ccc(OCCCCNC(=O)c2cc(-c3ccc(C)c(C)c3)nn2-c2cc(C)ccc2C)c(C(C)(C)CC)c1. The third kappa shape index (κ3) is 7.87. The summed E-state index contributed by atoms with van der Waals surface area (Å²) in [5.41, 5.74) is 10.7. The highest BCUT2D eigenvalue weighted by Crippen LogP contribution is 2.38. The molecule has 0 unspecified atom stereocenters. The molecule has 4 rings (SSSR count). The van der Waals surface area contributed by atoms with Crippen molar-refractivity contribution in [2.24, 2.45) is 0 Å². The Labute approximate surface area is 271 Å². The average molecular weight is 608 g/mol. The quantitative estimate of drug-likeness (QED) is 0.154. The van der Waals surface area contributed by atoms with E-state index in [1.54, 1.807) is 4.68 Å². The monoisotopic (exact) mass is 607 g/mol. The number of benzene rings is 3. The first kappa shape index (κ1) is 34.0. The first-order valence-electron chi connectivity index (χ1n) is 16.6. The molecule has 0 atom stereocenters. The largest absolute Gasteiger partial charge is 0.493 e. The maximum atomic E-state index is 13.6. The van der Waals surface area contributed by atoms with E-state index in [0.717, 1.165) is 59.5 Å². The first-order chi connectivity index (χ1) is 21.3. The molecule has 0 bridgehead atoms. The minimum absolute atomic E-state index is 0.0257. The van der Waals surface area contributed by atoms with Crippen LogP contribution < -0.4 is 10.1 Å². The number of aromatic nitrogens is 2. The number of unbranched alkanes of at least 4 members (excludes halogenated alkanes) is 1. The van der Waals surface area contributed by atoms with Crippen LogP contribution in [0.5, 0.6) is 5.75 Å². The van der Waals surface area contributed by atoms with Crippen molar-refractivity contribution < 1.29 is 9.53 Å². The average Bonchev–Trinajstić information content (AvgIpc) is 3.46. The number of ether oxygens (including phenoxy) is 1. The molecule has 0 radical (unpaired) electrons. The summed E-state index contributed by atoms with van der Waals surface area (Å²) in [5, 5.41) is 8.08. The molecule has 3 aromatic carbocycles. The van der Waals surface area contributed by atoms with Crippen LogP contribution in [0.4, 0.5) is 0 Å². The molecule has 240 valence electrons. The second-order valence-electron chi connectivity index (χ2n) is 13.9. The Morgan fingerprint density at radius 1 is 0.800 bits per heavy atom. The maximum Gasteiger partial charge on any atom is 0.270 e. The van der Waals surface area contributed by atoms with Crippen molar-refractivity contribution >= 4 is 5.91 Å². The molecule has 0 aliphatic heterocycles. The Bertz CT molecular complexity index is 1640. The summed E-state index contributed by atoms with van der Waals surface area (Å²) < 4.78 is 8.16. The lowest BCUT2D eigenvalue weighted by molar-refractivity contribution is 0.0944. The molecule has 1 amide bonds. The van der Waals surface area contributed by atoms with Crippen LogP contribution in [-0.4, -0.2) is 28.8 Å². The lowest BCUT2D eigenvalue weighted by atomic mass is 9.76. The third-order valence-electron chi connectivity index (χ3n) is 9.71. The number of carbonyl (C=O) groups is 1. The Balaban J connectivity index is 1.44. The van der Waals surface area contributed by atoms with Crippen LogP contribution in [0, 0.1) is 27.7 Å². The standard InChI is InChI=1S/C40H53N3O2/c1-11-39(7,8)32-19-20-37(33(25-32)40(9,10)12-2)45-22-14-13-21-41-38(44)36-26-34(31-18-17-28(4)30(6)24-31)42-43(36)35-23-27(3)15-16-29(35)5/h15-20,23-26H,11-14,21-22H2,1-10H3,(H,41,44). The van der Waals surface area contributed by atoms with Gasteiger partial charge >= 0.3 is 0 Å². The number of amides is 1. The second kappa shape index (κ2) is 14.1. The highest BCUT2D eigenvalue weighted by molar-refractivity contribution is 5.94. The van der Waals surface area contributed by atoms with Crippen molar-refractivity contribution in [1.29, 1.82) is 0 Å². The van der Waals surface area contributed by atoms with Crippen LogP contribution in [0.2, 0.25) is 0 Å². The van der Waals surface area contributed by atoms with Gasteiger partial charge in [-0.25, -0.2) is 4.68 Å². The second-order valence-corrected chi connectivity index (χ2v) is 13.9. The number of aryl methyl sites for hydroxylation is 4. The minimum Gasteiger partial charge on any atom is -0.493 e. The molecule has 4 aromatic rings. The molecular weight excluding hydrogens is 554 g/mol. The third-order valence-corrected chi connectivity index (χ3v) is 9.71. The van der Waals surface area contributed by atoms with Gasteiger partial charge in [-0.15, -0.1) is 0 Å². The van der Waals surface area contributed by atoms with E-state index in [1.165, 1.54) is 22.3 Å². The van der Waals surface area contributed by atoms with Gasteiger partial charge in [-0.3, -0.25) is 4.79 Å². The summed E-state index contributed by atoms with van der Waals surface area (Å²) in [4.78, 5) is 13.6. The van der Waals surface area contributed by atoms with Gasteiger partial charge in [0.1, 0.15) is 11.4 Å². The molecule has 0 spiro atoms. The van der Waals surface area contributed by atoms with Crippen molar-refractivity contribution in [3.8, 4) is 22.7 Å². The predicted molar refractivity (Wildman–Crippen MR) is 188 cm³/mol. The van der Waals surface area contributed by atoms with Crippen LogP contribution in [0.1, 0.15) is 111 Å². The highest BCUT2D eigenvalue weighted by Gasteiger charge is 2.26. The van der Waals surface area contributed by atoms with E-state index in [2.05, 4.69) is 129 Å². The van der Waals surface area contributed by atoms with E-state index in [0.29, 0.717) is 18.8 Å². The zero-order valence-corrected chi connectivity index (χ0v) is 29.2. The molecule has 0 aliphatic carbocycles. The Morgan fingerprint density at radius 2 is 1.51 bits per heavy atom. The summed E-state index contributed by atoms with van der Waals surface area (Å²) >= 11 is 0. The summed E-state index contributed by atoms with van der Waals surface area (Å²) in [6.45, 7) is 23.2. The molecular formula is C40H53N3O2. The van der Waals surface area contributed by atoms with Crippen molar-refractivity contribution in [3.63, 3.8) is 0 Å². The zero-order chi connectivity index (χ0) is 32.9. The smallest absolute Gasteiger partial charge is 0.270 e. The van der Waals surface area contributed by atoms with Crippen molar-refractivity contribution in [3.05, 3.63) is 99.7 Å². The molecule has 0 fully saturated rings. The van der Waals surface area contributed by atoms with Crippen LogP contribution in [-0.2, 0) is 10.8 Å². The van der Waals surface area contributed by atoms with Gasteiger partial charge in [-0.2, -0.15) is 5.10 Å². The van der Waals surface area contributed by atoms with E-state index < -0.39 is 0 Å². The first-order valence-corrected chi connectivity index (χ1v) is 16.6. The number of hydrogen-bond acceptors (Lipinski definition) is 3. The van der Waals surface area contributed by atoms with Crippen LogP contribution >= 0.6 is 0 Å². The van der Waals surface area contributed by atoms with E-state index in [9.17, 15) is 4.79 Å². The predicted octanol–water partition coefficient (Wildman–Crippen LogP) is 9.74. The fourth-order valence-corrected chi connectivity index (χ4v) is 5.42. The van der Waals surface area contributed by atoms with Crippen LogP contribution in [0.25, 0.3) is 16.9 Å². The molecule has 5 nitrogen and oxygen atoms in total. The number of hydrogen-bond donors (Lipinski definition) is 1. The topological polar surface area (TPSA) is 56.1 Å². The van der Waals surface area contributed by atoms with Gasteiger partial charge in [0, 0.05) is 17.7 Å². The van der Waals surface area contributed by atoms with E-state index in [4.69, 9.17) is 9.84 Å². The molecule has 0 saturated heterocycles. The lowest BCUT2D eigenvalue weighted by Gasteiger charge is -2.30. The van der Waals surface area contributed by atoms with Gasteiger partial charge in [0.25, 0.3) is 5.91 Å². The number of nitrogens with one attached hydrogen (secondary N) is 1.